The number of nitrogens with one attached hydrogen (secondary N) is 1. The fourth-order valence-corrected chi connectivity index (χ4v) is 4.51. The first-order valence-corrected chi connectivity index (χ1v) is 11.4. The molecule has 4 heterocycles. The Balaban J connectivity index is 1.57. The summed E-state index contributed by atoms with van der Waals surface area (Å²) in [5.74, 6) is -0.615. The summed E-state index contributed by atoms with van der Waals surface area (Å²) in [6.45, 7) is 2.76. The molecule has 34 heavy (non-hydrogen) atoms. The van der Waals surface area contributed by atoms with E-state index in [0.717, 1.165) is 43.4 Å². The van der Waals surface area contributed by atoms with E-state index in [4.69, 9.17) is 15.6 Å². The molecule has 0 spiro atoms. The second-order valence-corrected chi connectivity index (χ2v) is 8.29. The van der Waals surface area contributed by atoms with E-state index >= 15 is 0 Å². The van der Waals surface area contributed by atoms with Crippen molar-refractivity contribution in [3.63, 3.8) is 0 Å². The predicted molar refractivity (Wildman–Crippen MR) is 126 cm³/mol. The summed E-state index contributed by atoms with van der Waals surface area (Å²) in [5.41, 5.74) is 9.91. The minimum Gasteiger partial charge on any atom is -0.379 e. The summed E-state index contributed by atoms with van der Waals surface area (Å²) in [6, 6.07) is 3.93. The lowest BCUT2D eigenvalue weighted by Gasteiger charge is -2.28. The van der Waals surface area contributed by atoms with E-state index in [0.29, 0.717) is 28.7 Å². The molecular weight excluding hydrogens is 432 g/mol. The van der Waals surface area contributed by atoms with Crippen LogP contribution in [-0.2, 0) is 4.74 Å². The Labute approximate surface area is 196 Å². The first-order valence-electron chi connectivity index (χ1n) is 11.4. The zero-order chi connectivity index (χ0) is 23.5. The van der Waals surface area contributed by atoms with Crippen LogP contribution in [-0.4, -0.2) is 53.5 Å². The number of nitrogens with two attached hydrogens (primary N) is 1. The van der Waals surface area contributed by atoms with Gasteiger partial charge in [-0.3, -0.25) is 24.5 Å². The quantitative estimate of drug-likeness (QED) is 0.433. The highest BCUT2D eigenvalue weighted by Crippen LogP contribution is 2.36. The highest BCUT2D eigenvalue weighted by molar-refractivity contribution is 6.00. The van der Waals surface area contributed by atoms with Crippen molar-refractivity contribution < 1.29 is 9.53 Å². The molecular formula is C24H26N8O2. The Bertz CT molecular complexity index is 1260. The number of aromatic amines is 1. The lowest BCUT2D eigenvalue weighted by molar-refractivity contribution is 0.0260. The Morgan fingerprint density at radius 2 is 2.00 bits per heavy atom. The van der Waals surface area contributed by atoms with Crippen LogP contribution >= 0.6 is 0 Å². The van der Waals surface area contributed by atoms with E-state index in [-0.39, 0.29) is 11.7 Å². The summed E-state index contributed by atoms with van der Waals surface area (Å²) < 4.78 is 7.79. The normalized spacial score (nSPS) is 18.1. The number of carbonyl (C=O) groups is 1. The largest absolute Gasteiger partial charge is 0.379 e. The van der Waals surface area contributed by atoms with E-state index in [1.165, 1.54) is 0 Å². The molecule has 174 valence electrons. The Hall–Kier alpha value is -3.92. The number of rotatable bonds is 7. The number of ether oxygens (including phenoxy) is 1. The Morgan fingerprint density at radius 1 is 1.15 bits per heavy atom. The van der Waals surface area contributed by atoms with Crippen LogP contribution in [0, 0.1) is 0 Å². The van der Waals surface area contributed by atoms with Gasteiger partial charge in [-0.1, -0.05) is 0 Å². The van der Waals surface area contributed by atoms with Crippen LogP contribution in [0.2, 0.25) is 0 Å². The van der Waals surface area contributed by atoms with Gasteiger partial charge in [0.1, 0.15) is 17.1 Å². The first kappa shape index (κ1) is 21.9. The molecule has 1 aliphatic rings. The van der Waals surface area contributed by atoms with Crippen molar-refractivity contribution in [3.8, 4) is 33.8 Å². The number of H-pyrrole nitrogens is 1. The average Bonchev–Trinajstić information content (AvgIpc) is 3.56. The molecule has 3 N–H and O–H groups in total. The number of pyridine rings is 1. The van der Waals surface area contributed by atoms with Gasteiger partial charge in [-0.2, -0.15) is 10.2 Å². The van der Waals surface area contributed by atoms with Crippen LogP contribution in [0.3, 0.4) is 0 Å². The van der Waals surface area contributed by atoms with Gasteiger partial charge in [0.2, 0.25) is 0 Å². The molecule has 0 saturated heterocycles. The van der Waals surface area contributed by atoms with Crippen molar-refractivity contribution in [2.75, 3.05) is 6.61 Å². The van der Waals surface area contributed by atoms with Gasteiger partial charge in [-0.25, -0.2) is 4.98 Å². The van der Waals surface area contributed by atoms with Crippen LogP contribution in [0.1, 0.15) is 49.1 Å². The maximum absolute atomic E-state index is 12.4. The Kier molecular flexibility index (Phi) is 6.13. The van der Waals surface area contributed by atoms with E-state index in [2.05, 4.69) is 25.1 Å². The summed E-state index contributed by atoms with van der Waals surface area (Å²) in [5, 5.41) is 11.6. The number of hydrogen-bond donors (Lipinski definition) is 2. The third kappa shape index (κ3) is 4.32. The Morgan fingerprint density at radius 3 is 2.68 bits per heavy atom. The van der Waals surface area contributed by atoms with Gasteiger partial charge in [-0.15, -0.1) is 0 Å². The summed E-state index contributed by atoms with van der Waals surface area (Å²) in [4.78, 5) is 25.7. The molecule has 0 bridgehead atoms. The average molecular weight is 459 g/mol. The van der Waals surface area contributed by atoms with Gasteiger partial charge in [0.25, 0.3) is 5.91 Å². The zero-order valence-corrected chi connectivity index (χ0v) is 18.9. The number of primary amides is 1. The minimum atomic E-state index is -0.615. The van der Waals surface area contributed by atoms with Crippen molar-refractivity contribution in [2.45, 2.75) is 44.8 Å². The molecule has 10 nitrogen and oxygen atoms in total. The number of amides is 1. The highest BCUT2D eigenvalue weighted by Gasteiger charge is 2.27. The third-order valence-corrected chi connectivity index (χ3v) is 6.17. The van der Waals surface area contributed by atoms with Crippen LogP contribution in [0.4, 0.5) is 0 Å². The molecule has 0 atom stereocenters. The van der Waals surface area contributed by atoms with Gasteiger partial charge in [0, 0.05) is 48.1 Å². The van der Waals surface area contributed by atoms with Crippen molar-refractivity contribution in [2.24, 2.45) is 5.73 Å². The van der Waals surface area contributed by atoms with E-state index < -0.39 is 5.91 Å². The fraction of sp³-hybridized carbons (Fsp3) is 0.333. The van der Waals surface area contributed by atoms with E-state index in [1.807, 2.05) is 29.9 Å². The summed E-state index contributed by atoms with van der Waals surface area (Å²) in [6.07, 6.45) is 14.4. The number of aromatic nitrogens is 7. The molecule has 4 aromatic heterocycles. The molecule has 1 aliphatic carbocycles. The first-order chi connectivity index (χ1) is 16.6. The maximum atomic E-state index is 12.4. The molecule has 10 heteroatoms. The summed E-state index contributed by atoms with van der Waals surface area (Å²) >= 11 is 0. The molecule has 5 rings (SSSR count). The molecule has 1 amide bonds. The van der Waals surface area contributed by atoms with Gasteiger partial charge < -0.3 is 10.5 Å². The molecule has 4 aromatic rings. The molecule has 0 unspecified atom stereocenters. The van der Waals surface area contributed by atoms with Gasteiger partial charge in [0.15, 0.2) is 0 Å². The molecule has 0 aliphatic heterocycles. The lowest BCUT2D eigenvalue weighted by Crippen LogP contribution is -2.24. The van der Waals surface area contributed by atoms with Crippen LogP contribution < -0.4 is 5.73 Å². The topological polar surface area (TPSA) is 137 Å². The maximum Gasteiger partial charge on any atom is 0.267 e. The second-order valence-electron chi connectivity index (χ2n) is 8.29. The number of carbonyl (C=O) groups excluding carboxylic acids is 1. The van der Waals surface area contributed by atoms with Crippen molar-refractivity contribution in [1.29, 1.82) is 0 Å². The van der Waals surface area contributed by atoms with Crippen molar-refractivity contribution in [3.05, 3.63) is 55.0 Å². The summed E-state index contributed by atoms with van der Waals surface area (Å²) in [7, 11) is 0. The molecule has 1 fully saturated rings. The predicted octanol–water partition coefficient (Wildman–Crippen LogP) is 3.41. The monoisotopic (exact) mass is 458 g/mol. The van der Waals surface area contributed by atoms with Gasteiger partial charge in [-0.05, 0) is 44.7 Å². The number of nitrogens with zero attached hydrogens (tertiary/aromatic N) is 6. The molecule has 0 aromatic carbocycles. The van der Waals surface area contributed by atoms with Crippen LogP contribution in [0.25, 0.3) is 33.8 Å². The van der Waals surface area contributed by atoms with Crippen molar-refractivity contribution in [1.82, 2.24) is 34.9 Å². The van der Waals surface area contributed by atoms with Gasteiger partial charge in [0.05, 0.1) is 30.2 Å². The van der Waals surface area contributed by atoms with E-state index in [9.17, 15) is 4.79 Å². The van der Waals surface area contributed by atoms with Crippen molar-refractivity contribution >= 4 is 5.91 Å². The molecule has 0 radical (unpaired) electrons. The van der Waals surface area contributed by atoms with Crippen LogP contribution in [0.15, 0.2) is 49.3 Å². The third-order valence-electron chi connectivity index (χ3n) is 6.17. The second kappa shape index (κ2) is 9.52. The number of hydrogen-bond acceptors (Lipinski definition) is 7. The smallest absolute Gasteiger partial charge is 0.267 e. The highest BCUT2D eigenvalue weighted by atomic mass is 16.5. The SMILES string of the molecule is CCOC1CCC(n2cc(-c3ccc(-c4cn[nH]c4)nc3C(N)=O)c(-c3cnccn3)n2)CC1. The van der Waals surface area contributed by atoms with Crippen LogP contribution in [0.5, 0.6) is 0 Å². The minimum absolute atomic E-state index is 0.170. The van der Waals surface area contributed by atoms with E-state index in [1.54, 1.807) is 31.0 Å². The lowest BCUT2D eigenvalue weighted by atomic mass is 9.93. The standard InChI is InChI=1S/C24H26N8O2/c1-2-34-17-5-3-16(4-6-17)32-14-19(22(31-32)21-13-26-9-10-27-21)18-7-8-20(15-11-28-29-12-15)30-23(18)24(25)33/h7-14,16-17H,2-6H2,1H3,(H2,25,33)(H,28,29). The van der Waals surface area contributed by atoms with Gasteiger partial charge >= 0.3 is 0 Å². The fourth-order valence-electron chi connectivity index (χ4n) is 4.51. The zero-order valence-electron chi connectivity index (χ0n) is 18.9. The molecule has 1 saturated carbocycles.